The van der Waals surface area contributed by atoms with E-state index in [1.54, 1.807) is 0 Å². The van der Waals surface area contributed by atoms with Gasteiger partial charge in [-0.05, 0) is 50.8 Å². The molecule has 94 valence electrons. The van der Waals surface area contributed by atoms with Crippen LogP contribution in [0.5, 0.6) is 5.75 Å². The zero-order valence-corrected chi connectivity index (χ0v) is 10.5. The Morgan fingerprint density at radius 1 is 1.24 bits per heavy atom. The Morgan fingerprint density at radius 3 is 2.41 bits per heavy atom. The van der Waals surface area contributed by atoms with Crippen LogP contribution in [0, 0.1) is 0 Å². The third-order valence-electron chi connectivity index (χ3n) is 2.40. The van der Waals surface area contributed by atoms with E-state index in [2.05, 4.69) is 0 Å². The Hall–Kier alpha value is -1.51. The Morgan fingerprint density at radius 2 is 1.88 bits per heavy atom. The van der Waals surface area contributed by atoms with E-state index in [1.807, 2.05) is 38.1 Å². The topological polar surface area (TPSA) is 46.5 Å². The van der Waals surface area contributed by atoms with Crippen molar-refractivity contribution < 1.29 is 14.6 Å². The molecule has 0 spiro atoms. The molecule has 17 heavy (non-hydrogen) atoms. The Labute approximate surface area is 102 Å². The van der Waals surface area contributed by atoms with E-state index in [-0.39, 0.29) is 12.5 Å². The number of unbranched alkanes of at least 4 members (excludes halogenated alkanes) is 1. The van der Waals surface area contributed by atoms with Gasteiger partial charge in [0, 0.05) is 6.42 Å². The minimum absolute atomic E-state index is 0.191. The van der Waals surface area contributed by atoms with Crippen LogP contribution in [0.15, 0.2) is 24.3 Å². The third kappa shape index (κ3) is 5.95. The largest absolute Gasteiger partial charge is 0.491 e. The summed E-state index contributed by atoms with van der Waals surface area (Å²) in [7, 11) is 0. The molecule has 0 aliphatic rings. The lowest BCUT2D eigenvalue weighted by molar-refractivity contribution is -0.137. The predicted molar refractivity (Wildman–Crippen MR) is 67.4 cm³/mol. The van der Waals surface area contributed by atoms with Gasteiger partial charge < -0.3 is 9.84 Å². The highest BCUT2D eigenvalue weighted by atomic mass is 16.5. The number of hydrogen-bond acceptors (Lipinski definition) is 2. The molecule has 3 heteroatoms. The second kappa shape index (κ2) is 6.94. The molecule has 0 saturated carbocycles. The normalized spacial score (nSPS) is 10.5. The molecule has 0 heterocycles. The average molecular weight is 236 g/mol. The first-order valence-electron chi connectivity index (χ1n) is 6.05. The zero-order chi connectivity index (χ0) is 12.7. The molecular weight excluding hydrogens is 216 g/mol. The summed E-state index contributed by atoms with van der Waals surface area (Å²) in [5, 5.41) is 8.51. The van der Waals surface area contributed by atoms with E-state index in [0.29, 0.717) is 0 Å². The van der Waals surface area contributed by atoms with Crippen LogP contribution < -0.4 is 4.74 Å². The summed E-state index contributed by atoms with van der Waals surface area (Å²) in [5.41, 5.74) is 1.23. The zero-order valence-electron chi connectivity index (χ0n) is 10.5. The highest BCUT2D eigenvalue weighted by molar-refractivity contribution is 5.66. The van der Waals surface area contributed by atoms with E-state index in [1.165, 1.54) is 5.56 Å². The van der Waals surface area contributed by atoms with Gasteiger partial charge in [0.05, 0.1) is 6.10 Å². The lowest BCUT2D eigenvalue weighted by atomic mass is 10.1. The molecule has 0 saturated heterocycles. The maximum atomic E-state index is 10.3. The fourth-order valence-electron chi connectivity index (χ4n) is 1.61. The Kier molecular flexibility index (Phi) is 5.53. The SMILES string of the molecule is CC(C)Oc1ccc(CCCCC(=O)O)cc1. The fraction of sp³-hybridized carbons (Fsp3) is 0.500. The average Bonchev–Trinajstić information content (AvgIpc) is 2.25. The van der Waals surface area contributed by atoms with Crippen molar-refractivity contribution in [3.8, 4) is 5.75 Å². The molecule has 0 aliphatic heterocycles. The summed E-state index contributed by atoms with van der Waals surface area (Å²) in [6.07, 6.45) is 3.02. The first-order valence-corrected chi connectivity index (χ1v) is 6.05. The fourth-order valence-corrected chi connectivity index (χ4v) is 1.61. The second-order valence-corrected chi connectivity index (χ2v) is 4.41. The van der Waals surface area contributed by atoms with E-state index < -0.39 is 5.97 Å². The molecular formula is C14H20O3. The maximum absolute atomic E-state index is 10.3. The molecule has 3 nitrogen and oxygen atoms in total. The van der Waals surface area contributed by atoms with Crippen molar-refractivity contribution in [2.75, 3.05) is 0 Å². The van der Waals surface area contributed by atoms with Gasteiger partial charge >= 0.3 is 5.97 Å². The molecule has 0 bridgehead atoms. The van der Waals surface area contributed by atoms with E-state index in [9.17, 15) is 4.79 Å². The van der Waals surface area contributed by atoms with Crippen LogP contribution in [0.4, 0.5) is 0 Å². The van der Waals surface area contributed by atoms with Crippen LogP contribution in [-0.4, -0.2) is 17.2 Å². The maximum Gasteiger partial charge on any atom is 0.303 e. The van der Waals surface area contributed by atoms with Crippen LogP contribution in [0.2, 0.25) is 0 Å². The smallest absolute Gasteiger partial charge is 0.303 e. The number of aryl methyl sites for hydroxylation is 1. The number of hydrogen-bond donors (Lipinski definition) is 1. The van der Waals surface area contributed by atoms with Crippen LogP contribution in [0.25, 0.3) is 0 Å². The van der Waals surface area contributed by atoms with Crippen LogP contribution in [0.1, 0.15) is 38.7 Å². The molecule has 0 aliphatic carbocycles. The molecule has 1 rings (SSSR count). The van der Waals surface area contributed by atoms with Crippen molar-refractivity contribution >= 4 is 5.97 Å². The van der Waals surface area contributed by atoms with Gasteiger partial charge in [0.15, 0.2) is 0 Å². The van der Waals surface area contributed by atoms with Gasteiger partial charge in [-0.15, -0.1) is 0 Å². The molecule has 0 atom stereocenters. The van der Waals surface area contributed by atoms with Crippen molar-refractivity contribution in [3.63, 3.8) is 0 Å². The first kappa shape index (κ1) is 13.6. The molecule has 0 aromatic heterocycles. The summed E-state index contributed by atoms with van der Waals surface area (Å²) in [6, 6.07) is 8.01. The first-order chi connectivity index (χ1) is 8.08. The number of carbonyl (C=O) groups is 1. The predicted octanol–water partition coefficient (Wildman–Crippen LogP) is 3.27. The molecule has 0 amide bonds. The number of aliphatic carboxylic acids is 1. The summed E-state index contributed by atoms with van der Waals surface area (Å²) >= 11 is 0. The molecule has 1 aromatic carbocycles. The van der Waals surface area contributed by atoms with Gasteiger partial charge in [-0.1, -0.05) is 12.1 Å². The number of rotatable bonds is 7. The minimum atomic E-state index is -0.717. The highest BCUT2D eigenvalue weighted by Crippen LogP contribution is 2.15. The van der Waals surface area contributed by atoms with Crippen molar-refractivity contribution in [2.24, 2.45) is 0 Å². The monoisotopic (exact) mass is 236 g/mol. The van der Waals surface area contributed by atoms with Crippen LogP contribution in [-0.2, 0) is 11.2 Å². The molecule has 0 fully saturated rings. The molecule has 0 unspecified atom stereocenters. The summed E-state index contributed by atoms with van der Waals surface area (Å²) in [6.45, 7) is 4.00. The lowest BCUT2D eigenvalue weighted by Crippen LogP contribution is -2.05. The van der Waals surface area contributed by atoms with E-state index >= 15 is 0 Å². The van der Waals surface area contributed by atoms with E-state index in [0.717, 1.165) is 25.0 Å². The summed E-state index contributed by atoms with van der Waals surface area (Å²) < 4.78 is 5.55. The Balaban J connectivity index is 2.32. The quantitative estimate of drug-likeness (QED) is 0.739. The van der Waals surface area contributed by atoms with Gasteiger partial charge in [0.1, 0.15) is 5.75 Å². The molecule has 1 N–H and O–H groups in total. The number of carboxylic acid groups (broad SMARTS) is 1. The van der Waals surface area contributed by atoms with Gasteiger partial charge in [0.2, 0.25) is 0 Å². The van der Waals surface area contributed by atoms with Gasteiger partial charge in [-0.25, -0.2) is 0 Å². The molecule has 1 aromatic rings. The number of carboxylic acids is 1. The summed E-state index contributed by atoms with van der Waals surface area (Å²) in [4.78, 5) is 10.3. The standard InChI is InChI=1S/C14H20O3/c1-11(2)17-13-9-7-12(8-10-13)5-3-4-6-14(15)16/h7-11H,3-6H2,1-2H3,(H,15,16). The van der Waals surface area contributed by atoms with Crippen molar-refractivity contribution in [1.29, 1.82) is 0 Å². The highest BCUT2D eigenvalue weighted by Gasteiger charge is 2.00. The van der Waals surface area contributed by atoms with Crippen molar-refractivity contribution in [2.45, 2.75) is 45.6 Å². The van der Waals surface area contributed by atoms with Crippen LogP contribution >= 0.6 is 0 Å². The van der Waals surface area contributed by atoms with Gasteiger partial charge in [0.25, 0.3) is 0 Å². The van der Waals surface area contributed by atoms with Gasteiger partial charge in [-0.3, -0.25) is 4.79 Å². The third-order valence-corrected chi connectivity index (χ3v) is 2.40. The van der Waals surface area contributed by atoms with E-state index in [4.69, 9.17) is 9.84 Å². The summed E-state index contributed by atoms with van der Waals surface area (Å²) in [5.74, 6) is 0.167. The van der Waals surface area contributed by atoms with Crippen molar-refractivity contribution in [1.82, 2.24) is 0 Å². The van der Waals surface area contributed by atoms with Gasteiger partial charge in [-0.2, -0.15) is 0 Å². The second-order valence-electron chi connectivity index (χ2n) is 4.41. The molecule has 0 radical (unpaired) electrons. The van der Waals surface area contributed by atoms with Crippen LogP contribution in [0.3, 0.4) is 0 Å². The van der Waals surface area contributed by atoms with Crippen molar-refractivity contribution in [3.05, 3.63) is 29.8 Å². The number of ether oxygens (including phenoxy) is 1. The lowest BCUT2D eigenvalue weighted by Gasteiger charge is -2.09. The minimum Gasteiger partial charge on any atom is -0.491 e. The number of benzene rings is 1. The Bertz CT molecular complexity index is 341.